The summed E-state index contributed by atoms with van der Waals surface area (Å²) in [5, 5.41) is 3.55. The highest BCUT2D eigenvalue weighted by Crippen LogP contribution is 2.38. The maximum Gasteiger partial charge on any atom is 0.0547 e. The molecule has 4 rings (SSSR count). The zero-order valence-corrected chi connectivity index (χ0v) is 12.2. The molecular formula is C17H25N3. The van der Waals surface area contributed by atoms with E-state index in [1.807, 2.05) is 0 Å². The summed E-state index contributed by atoms with van der Waals surface area (Å²) in [5.74, 6) is 1.96. The number of nitrogens with zero attached hydrogens (tertiary/aromatic N) is 2. The molecule has 2 heterocycles. The number of rotatable bonds is 5. The van der Waals surface area contributed by atoms with Crippen LogP contribution in [0, 0.1) is 11.8 Å². The third kappa shape index (κ3) is 2.89. The highest BCUT2D eigenvalue weighted by atomic mass is 15.2. The number of pyridine rings is 1. The Bertz CT molecular complexity index is 457. The van der Waals surface area contributed by atoms with Crippen LogP contribution in [0.15, 0.2) is 18.2 Å². The highest BCUT2D eigenvalue weighted by Gasteiger charge is 2.35. The van der Waals surface area contributed by atoms with Gasteiger partial charge in [0, 0.05) is 32.2 Å². The van der Waals surface area contributed by atoms with Crippen molar-refractivity contribution in [2.24, 2.45) is 11.8 Å². The van der Waals surface area contributed by atoms with Gasteiger partial charge in [0.05, 0.1) is 11.4 Å². The Morgan fingerprint density at radius 3 is 2.55 bits per heavy atom. The monoisotopic (exact) mass is 271 g/mol. The molecular weight excluding hydrogens is 246 g/mol. The number of hydrogen-bond donors (Lipinski definition) is 1. The van der Waals surface area contributed by atoms with Crippen LogP contribution in [0.2, 0.25) is 0 Å². The van der Waals surface area contributed by atoms with Crippen molar-refractivity contribution >= 4 is 0 Å². The molecule has 1 aromatic heterocycles. The fourth-order valence-electron chi connectivity index (χ4n) is 3.94. The fourth-order valence-corrected chi connectivity index (χ4v) is 3.94. The van der Waals surface area contributed by atoms with E-state index in [2.05, 4.69) is 28.4 Å². The van der Waals surface area contributed by atoms with E-state index >= 15 is 0 Å². The minimum absolute atomic E-state index is 0.762. The van der Waals surface area contributed by atoms with Crippen molar-refractivity contribution in [2.75, 3.05) is 13.1 Å². The van der Waals surface area contributed by atoms with Crippen molar-refractivity contribution in [1.29, 1.82) is 0 Å². The Balaban J connectivity index is 1.34. The van der Waals surface area contributed by atoms with Crippen molar-refractivity contribution in [3.05, 3.63) is 29.6 Å². The molecule has 3 heteroatoms. The number of likely N-dealkylation sites (tertiary alicyclic amines) is 1. The molecule has 1 aliphatic heterocycles. The van der Waals surface area contributed by atoms with Crippen molar-refractivity contribution < 1.29 is 0 Å². The summed E-state index contributed by atoms with van der Waals surface area (Å²) in [6.45, 7) is 4.59. The molecule has 0 bridgehead atoms. The Morgan fingerprint density at radius 2 is 1.80 bits per heavy atom. The van der Waals surface area contributed by atoms with E-state index in [0.29, 0.717) is 0 Å². The van der Waals surface area contributed by atoms with Gasteiger partial charge in [0.1, 0.15) is 0 Å². The number of fused-ring (bicyclic) bond motifs is 1. The van der Waals surface area contributed by atoms with Crippen molar-refractivity contribution in [2.45, 2.75) is 51.2 Å². The number of hydrogen-bond acceptors (Lipinski definition) is 3. The molecule has 3 fully saturated rings. The zero-order valence-electron chi connectivity index (χ0n) is 12.2. The summed E-state index contributed by atoms with van der Waals surface area (Å²) in [7, 11) is 0. The molecule has 0 aromatic carbocycles. The summed E-state index contributed by atoms with van der Waals surface area (Å²) in [4.78, 5) is 7.45. The van der Waals surface area contributed by atoms with E-state index in [-0.39, 0.29) is 0 Å². The van der Waals surface area contributed by atoms with Gasteiger partial charge in [-0.3, -0.25) is 9.88 Å². The minimum Gasteiger partial charge on any atom is -0.308 e. The molecule has 1 aromatic rings. The molecule has 0 spiro atoms. The number of nitrogens with one attached hydrogen (secondary N) is 1. The van der Waals surface area contributed by atoms with E-state index in [1.165, 1.54) is 56.6 Å². The van der Waals surface area contributed by atoms with Gasteiger partial charge in [-0.05, 0) is 49.7 Å². The summed E-state index contributed by atoms with van der Waals surface area (Å²) < 4.78 is 0. The van der Waals surface area contributed by atoms with E-state index in [4.69, 9.17) is 4.98 Å². The first-order valence-electron chi connectivity index (χ1n) is 8.27. The highest BCUT2D eigenvalue weighted by molar-refractivity contribution is 5.12. The van der Waals surface area contributed by atoms with Crippen LogP contribution in [0.1, 0.15) is 43.5 Å². The quantitative estimate of drug-likeness (QED) is 0.892. The standard InChI is InChI=1S/C17H25N3/c1-3-13-10-20(11-14(13)4-1)12-17-6-2-5-16(19-17)9-18-15-7-8-15/h2,5-6,13-15,18H,1,3-4,7-12H2. The zero-order chi connectivity index (χ0) is 13.4. The number of aromatic nitrogens is 1. The minimum atomic E-state index is 0.762. The second-order valence-electron chi connectivity index (χ2n) is 6.92. The van der Waals surface area contributed by atoms with Crippen LogP contribution in [-0.2, 0) is 13.1 Å². The van der Waals surface area contributed by atoms with Crippen molar-refractivity contribution in [3.63, 3.8) is 0 Å². The van der Waals surface area contributed by atoms with Crippen LogP contribution < -0.4 is 5.32 Å². The van der Waals surface area contributed by atoms with Gasteiger partial charge in [-0.25, -0.2) is 0 Å². The lowest BCUT2D eigenvalue weighted by Gasteiger charge is -2.16. The van der Waals surface area contributed by atoms with Gasteiger partial charge >= 0.3 is 0 Å². The Kier molecular flexibility index (Phi) is 3.49. The lowest BCUT2D eigenvalue weighted by molar-refractivity contribution is 0.299. The molecule has 2 atom stereocenters. The SMILES string of the molecule is c1cc(CNC2CC2)nc(CN2CC3CCCC3C2)c1. The van der Waals surface area contributed by atoms with E-state index in [9.17, 15) is 0 Å². The molecule has 1 saturated heterocycles. The van der Waals surface area contributed by atoms with Crippen molar-refractivity contribution in [1.82, 2.24) is 15.2 Å². The third-order valence-corrected chi connectivity index (χ3v) is 5.20. The molecule has 0 radical (unpaired) electrons. The van der Waals surface area contributed by atoms with Crippen LogP contribution in [0.25, 0.3) is 0 Å². The second-order valence-corrected chi connectivity index (χ2v) is 6.92. The van der Waals surface area contributed by atoms with Crippen LogP contribution >= 0.6 is 0 Å². The smallest absolute Gasteiger partial charge is 0.0547 e. The Hall–Kier alpha value is -0.930. The van der Waals surface area contributed by atoms with E-state index < -0.39 is 0 Å². The molecule has 3 aliphatic rings. The van der Waals surface area contributed by atoms with Crippen LogP contribution in [0.4, 0.5) is 0 Å². The molecule has 108 valence electrons. The maximum absolute atomic E-state index is 4.83. The van der Waals surface area contributed by atoms with Crippen LogP contribution in [-0.4, -0.2) is 29.0 Å². The first-order chi connectivity index (χ1) is 9.87. The summed E-state index contributed by atoms with van der Waals surface area (Å²) in [6.07, 6.45) is 7.07. The van der Waals surface area contributed by atoms with E-state index in [0.717, 1.165) is 31.0 Å². The fraction of sp³-hybridized carbons (Fsp3) is 0.706. The van der Waals surface area contributed by atoms with Gasteiger partial charge < -0.3 is 5.32 Å². The van der Waals surface area contributed by atoms with Gasteiger partial charge in [0.15, 0.2) is 0 Å². The van der Waals surface area contributed by atoms with Crippen LogP contribution in [0.5, 0.6) is 0 Å². The Morgan fingerprint density at radius 1 is 1.05 bits per heavy atom. The van der Waals surface area contributed by atoms with Gasteiger partial charge in [-0.15, -0.1) is 0 Å². The average molecular weight is 271 g/mol. The second kappa shape index (κ2) is 5.45. The van der Waals surface area contributed by atoms with Crippen LogP contribution in [0.3, 0.4) is 0 Å². The van der Waals surface area contributed by atoms with E-state index in [1.54, 1.807) is 0 Å². The maximum atomic E-state index is 4.83. The topological polar surface area (TPSA) is 28.2 Å². The molecule has 2 aliphatic carbocycles. The summed E-state index contributed by atoms with van der Waals surface area (Å²) in [5.41, 5.74) is 2.45. The largest absolute Gasteiger partial charge is 0.308 e. The molecule has 2 unspecified atom stereocenters. The normalized spacial score (nSPS) is 29.8. The van der Waals surface area contributed by atoms with Crippen molar-refractivity contribution in [3.8, 4) is 0 Å². The van der Waals surface area contributed by atoms with Gasteiger partial charge in [0.2, 0.25) is 0 Å². The predicted octanol–water partition coefficient (Wildman–Crippen LogP) is 2.57. The third-order valence-electron chi connectivity index (χ3n) is 5.20. The first kappa shape index (κ1) is 12.8. The lowest BCUT2D eigenvalue weighted by atomic mass is 10.0. The molecule has 0 amide bonds. The molecule has 20 heavy (non-hydrogen) atoms. The summed E-state index contributed by atoms with van der Waals surface area (Å²) in [6, 6.07) is 7.27. The molecule has 2 saturated carbocycles. The predicted molar refractivity (Wildman–Crippen MR) is 80.2 cm³/mol. The first-order valence-corrected chi connectivity index (χ1v) is 8.27. The molecule has 3 nitrogen and oxygen atoms in total. The van der Waals surface area contributed by atoms with Gasteiger partial charge in [-0.1, -0.05) is 12.5 Å². The summed E-state index contributed by atoms with van der Waals surface area (Å²) >= 11 is 0. The lowest BCUT2D eigenvalue weighted by Crippen LogP contribution is -2.22. The molecule has 1 N–H and O–H groups in total. The van der Waals surface area contributed by atoms with Gasteiger partial charge in [-0.2, -0.15) is 0 Å². The Labute approximate surface area is 121 Å². The average Bonchev–Trinajstić information content (AvgIpc) is 3.06. The van der Waals surface area contributed by atoms with Gasteiger partial charge in [0.25, 0.3) is 0 Å².